The van der Waals surface area contributed by atoms with E-state index in [4.69, 9.17) is 4.74 Å². The molecule has 0 spiro atoms. The van der Waals surface area contributed by atoms with Gasteiger partial charge in [0.15, 0.2) is 0 Å². The van der Waals surface area contributed by atoms with E-state index in [1.165, 1.54) is 57.8 Å². The third-order valence-corrected chi connectivity index (χ3v) is 3.52. The van der Waals surface area contributed by atoms with Crippen LogP contribution in [0.1, 0.15) is 78.1 Å². The first-order valence-electron chi connectivity index (χ1n) is 7.69. The Hall–Kier alpha value is -0.300. The van der Waals surface area contributed by atoms with Crippen molar-refractivity contribution in [3.05, 3.63) is 12.2 Å². The molecule has 0 radical (unpaired) electrons. The predicted octanol–water partition coefficient (Wildman–Crippen LogP) is 5.25. The molecule has 1 aliphatic rings. The molecule has 0 amide bonds. The summed E-state index contributed by atoms with van der Waals surface area (Å²) in [5.41, 5.74) is 0. The fourth-order valence-electron chi connectivity index (χ4n) is 2.32. The molecule has 1 nitrogen and oxygen atoms in total. The number of hydrogen-bond acceptors (Lipinski definition) is 1. The summed E-state index contributed by atoms with van der Waals surface area (Å²) in [6.07, 6.45) is 19.1. The fraction of sp³-hybridized carbons (Fsp3) is 0.875. The molecule has 17 heavy (non-hydrogen) atoms. The summed E-state index contributed by atoms with van der Waals surface area (Å²) in [5, 5.41) is 0. The summed E-state index contributed by atoms with van der Waals surface area (Å²) in [4.78, 5) is 0. The van der Waals surface area contributed by atoms with E-state index >= 15 is 0 Å². The van der Waals surface area contributed by atoms with Crippen molar-refractivity contribution in [1.29, 1.82) is 0 Å². The quantitative estimate of drug-likeness (QED) is 0.272. The zero-order valence-electron chi connectivity index (χ0n) is 11.8. The lowest BCUT2D eigenvalue weighted by molar-refractivity contribution is 0.362. The van der Waals surface area contributed by atoms with Crippen LogP contribution < -0.4 is 0 Å². The van der Waals surface area contributed by atoms with Gasteiger partial charge in [-0.3, -0.25) is 0 Å². The largest absolute Gasteiger partial charge is 0.369 e. The second-order valence-corrected chi connectivity index (χ2v) is 5.27. The molecule has 0 bridgehead atoms. The molecule has 1 rings (SSSR count). The maximum absolute atomic E-state index is 5.58. The van der Waals surface area contributed by atoms with Crippen LogP contribution >= 0.6 is 0 Å². The van der Waals surface area contributed by atoms with Gasteiger partial charge >= 0.3 is 0 Å². The topological polar surface area (TPSA) is 12.5 Å². The minimum absolute atomic E-state index is 0.552. The molecule has 100 valence electrons. The maximum atomic E-state index is 5.58. The first-order chi connectivity index (χ1) is 8.38. The van der Waals surface area contributed by atoms with Crippen LogP contribution in [0.4, 0.5) is 0 Å². The highest BCUT2D eigenvalue weighted by atomic mass is 16.6. The van der Waals surface area contributed by atoms with Gasteiger partial charge < -0.3 is 4.74 Å². The molecule has 1 aliphatic heterocycles. The Kier molecular flexibility index (Phi) is 8.42. The summed E-state index contributed by atoms with van der Waals surface area (Å²) in [7, 11) is 0. The van der Waals surface area contributed by atoms with E-state index in [1.54, 1.807) is 0 Å². The number of rotatable bonds is 11. The van der Waals surface area contributed by atoms with Crippen LogP contribution in [-0.4, -0.2) is 12.2 Å². The van der Waals surface area contributed by atoms with Gasteiger partial charge in [-0.15, -0.1) is 0 Å². The van der Waals surface area contributed by atoms with Crippen molar-refractivity contribution >= 4 is 0 Å². The maximum Gasteiger partial charge on any atom is 0.0876 e. The second kappa shape index (κ2) is 9.70. The van der Waals surface area contributed by atoms with E-state index in [9.17, 15) is 0 Å². The van der Waals surface area contributed by atoms with Gasteiger partial charge in [-0.05, 0) is 25.7 Å². The van der Waals surface area contributed by atoms with Crippen LogP contribution in [0.3, 0.4) is 0 Å². The summed E-state index contributed by atoms with van der Waals surface area (Å²) in [6.45, 7) is 4.50. The average molecular weight is 238 g/mol. The van der Waals surface area contributed by atoms with Crippen LogP contribution in [0.5, 0.6) is 0 Å². The van der Waals surface area contributed by atoms with Crippen LogP contribution in [-0.2, 0) is 4.74 Å². The molecule has 2 atom stereocenters. The van der Waals surface area contributed by atoms with Gasteiger partial charge in [-0.1, -0.05) is 64.5 Å². The Morgan fingerprint density at radius 1 is 0.824 bits per heavy atom. The van der Waals surface area contributed by atoms with Crippen molar-refractivity contribution in [3.63, 3.8) is 0 Å². The smallest absolute Gasteiger partial charge is 0.0876 e. The Morgan fingerprint density at radius 2 is 1.59 bits per heavy atom. The Labute approximate surface area is 108 Å². The molecule has 0 aromatic carbocycles. The van der Waals surface area contributed by atoms with Crippen molar-refractivity contribution in [2.75, 3.05) is 0 Å². The minimum atomic E-state index is 0.552. The van der Waals surface area contributed by atoms with Crippen molar-refractivity contribution in [2.24, 2.45) is 0 Å². The summed E-state index contributed by atoms with van der Waals surface area (Å²) in [6, 6.07) is 0. The lowest BCUT2D eigenvalue weighted by Crippen LogP contribution is -1.90. The normalized spacial score (nSPS) is 23.4. The Morgan fingerprint density at radius 3 is 2.35 bits per heavy atom. The van der Waals surface area contributed by atoms with Crippen LogP contribution in [0.25, 0.3) is 0 Å². The first-order valence-corrected chi connectivity index (χ1v) is 7.69. The van der Waals surface area contributed by atoms with Gasteiger partial charge in [0.1, 0.15) is 0 Å². The molecule has 0 saturated carbocycles. The molecular weight excluding hydrogens is 208 g/mol. The third kappa shape index (κ3) is 7.59. The Balaban J connectivity index is 1.80. The number of unbranched alkanes of at least 4 members (excludes halogenated alkanes) is 6. The molecule has 1 saturated heterocycles. The first kappa shape index (κ1) is 14.8. The summed E-state index contributed by atoms with van der Waals surface area (Å²) in [5.74, 6) is 0. The van der Waals surface area contributed by atoms with Crippen molar-refractivity contribution < 1.29 is 4.74 Å². The minimum Gasteiger partial charge on any atom is -0.369 e. The van der Waals surface area contributed by atoms with Crippen molar-refractivity contribution in [3.8, 4) is 0 Å². The molecule has 1 fully saturated rings. The molecule has 0 aromatic heterocycles. The van der Waals surface area contributed by atoms with Gasteiger partial charge in [0.05, 0.1) is 12.2 Å². The predicted molar refractivity (Wildman–Crippen MR) is 75.3 cm³/mol. The molecular formula is C16H30O. The van der Waals surface area contributed by atoms with E-state index in [-0.39, 0.29) is 0 Å². The molecule has 0 aromatic rings. The van der Waals surface area contributed by atoms with E-state index in [0.29, 0.717) is 12.2 Å². The van der Waals surface area contributed by atoms with Gasteiger partial charge in [-0.2, -0.15) is 0 Å². The van der Waals surface area contributed by atoms with Crippen LogP contribution in [0.2, 0.25) is 0 Å². The summed E-state index contributed by atoms with van der Waals surface area (Å²) < 4.78 is 5.58. The average Bonchev–Trinajstić information content (AvgIpc) is 3.06. The monoisotopic (exact) mass is 238 g/mol. The van der Waals surface area contributed by atoms with Gasteiger partial charge in [-0.25, -0.2) is 0 Å². The van der Waals surface area contributed by atoms with E-state index < -0.39 is 0 Å². The lowest BCUT2D eigenvalue weighted by Gasteiger charge is -1.97. The fourth-order valence-corrected chi connectivity index (χ4v) is 2.32. The number of ether oxygens (including phenoxy) is 1. The molecule has 1 heteroatoms. The van der Waals surface area contributed by atoms with Gasteiger partial charge in [0, 0.05) is 0 Å². The zero-order chi connectivity index (χ0) is 12.3. The summed E-state index contributed by atoms with van der Waals surface area (Å²) >= 11 is 0. The number of hydrogen-bond donors (Lipinski definition) is 0. The zero-order valence-corrected chi connectivity index (χ0v) is 11.8. The van der Waals surface area contributed by atoms with Crippen LogP contribution in [0, 0.1) is 0 Å². The SMILES string of the molecule is CCCCCCCC/C=C\CC1OC1CCC. The third-order valence-electron chi connectivity index (χ3n) is 3.52. The van der Waals surface area contributed by atoms with Crippen molar-refractivity contribution in [2.45, 2.75) is 90.3 Å². The van der Waals surface area contributed by atoms with Crippen LogP contribution in [0.15, 0.2) is 12.2 Å². The Bertz CT molecular complexity index is 198. The number of epoxide rings is 1. The second-order valence-electron chi connectivity index (χ2n) is 5.27. The molecule has 0 N–H and O–H groups in total. The molecule has 2 unspecified atom stereocenters. The van der Waals surface area contributed by atoms with Gasteiger partial charge in [0.2, 0.25) is 0 Å². The standard InChI is InChI=1S/C16H30O/c1-3-5-6-7-8-9-10-11-12-14-16-15(17-16)13-4-2/h11-12,15-16H,3-10,13-14H2,1-2H3/b12-11-. The lowest BCUT2D eigenvalue weighted by atomic mass is 10.1. The molecule has 0 aliphatic carbocycles. The van der Waals surface area contributed by atoms with E-state index in [0.717, 1.165) is 6.42 Å². The van der Waals surface area contributed by atoms with Crippen molar-refractivity contribution in [1.82, 2.24) is 0 Å². The number of allylic oxidation sites excluding steroid dienone is 1. The van der Waals surface area contributed by atoms with E-state index in [2.05, 4.69) is 26.0 Å². The molecule has 1 heterocycles. The highest BCUT2D eigenvalue weighted by Gasteiger charge is 2.35. The highest BCUT2D eigenvalue weighted by Crippen LogP contribution is 2.29. The van der Waals surface area contributed by atoms with E-state index in [1.807, 2.05) is 0 Å². The van der Waals surface area contributed by atoms with Gasteiger partial charge in [0.25, 0.3) is 0 Å². The highest BCUT2D eigenvalue weighted by molar-refractivity contribution is 4.93.